The first-order valence-electron chi connectivity index (χ1n) is 5.69. The lowest BCUT2D eigenvalue weighted by atomic mass is 10.1. The van der Waals surface area contributed by atoms with Crippen LogP contribution in [-0.4, -0.2) is 14.2 Å². The van der Waals surface area contributed by atoms with E-state index in [0.29, 0.717) is 13.1 Å². The Hall–Kier alpha value is -0.910. The maximum absolute atomic E-state index is 11.7. The maximum atomic E-state index is 11.7. The predicted molar refractivity (Wildman–Crippen MR) is 69.8 cm³/mol. The van der Waals surface area contributed by atoms with Gasteiger partial charge in [-0.25, -0.2) is 13.1 Å². The van der Waals surface area contributed by atoms with Crippen molar-refractivity contribution in [2.24, 2.45) is 11.7 Å². The van der Waals surface area contributed by atoms with Gasteiger partial charge in [0.25, 0.3) is 0 Å². The first kappa shape index (κ1) is 14.2. The predicted octanol–water partition coefficient (Wildman–Crippen LogP) is 1.22. The van der Waals surface area contributed by atoms with Crippen LogP contribution in [0.1, 0.15) is 25.0 Å². The van der Waals surface area contributed by atoms with Gasteiger partial charge in [0.2, 0.25) is 10.0 Å². The first-order valence-corrected chi connectivity index (χ1v) is 7.34. The highest BCUT2D eigenvalue weighted by atomic mass is 32.2. The number of nitrogens with one attached hydrogen (secondary N) is 1. The van der Waals surface area contributed by atoms with Crippen LogP contribution in [0.4, 0.5) is 0 Å². The van der Waals surface area contributed by atoms with Gasteiger partial charge in [-0.2, -0.15) is 0 Å². The standard InChI is InChI=1S/C12H20N2O2S/c1-10(2)9-17(15,16)14-8-12-6-4-3-5-11(12)7-13/h3-6,10,14H,7-9,13H2,1-2H3. The summed E-state index contributed by atoms with van der Waals surface area (Å²) in [5.41, 5.74) is 7.50. The van der Waals surface area contributed by atoms with Crippen molar-refractivity contribution in [2.75, 3.05) is 5.75 Å². The second-order valence-electron chi connectivity index (χ2n) is 4.47. The maximum Gasteiger partial charge on any atom is 0.212 e. The van der Waals surface area contributed by atoms with Crippen LogP contribution in [0.15, 0.2) is 24.3 Å². The number of benzene rings is 1. The second kappa shape index (κ2) is 6.14. The average molecular weight is 256 g/mol. The summed E-state index contributed by atoms with van der Waals surface area (Å²) in [5.74, 6) is 0.273. The van der Waals surface area contributed by atoms with Gasteiger partial charge in [0.05, 0.1) is 5.75 Å². The van der Waals surface area contributed by atoms with E-state index in [2.05, 4.69) is 4.72 Å². The van der Waals surface area contributed by atoms with E-state index in [4.69, 9.17) is 5.73 Å². The summed E-state index contributed by atoms with van der Waals surface area (Å²) in [6.07, 6.45) is 0. The normalized spacial score (nSPS) is 12.0. The molecule has 0 heterocycles. The molecular weight excluding hydrogens is 236 g/mol. The molecule has 0 aliphatic carbocycles. The molecule has 1 rings (SSSR count). The smallest absolute Gasteiger partial charge is 0.212 e. The van der Waals surface area contributed by atoms with E-state index in [1.807, 2.05) is 38.1 Å². The molecule has 0 aliphatic heterocycles. The van der Waals surface area contributed by atoms with Crippen molar-refractivity contribution in [1.29, 1.82) is 0 Å². The molecule has 0 unspecified atom stereocenters. The molecule has 5 heteroatoms. The zero-order chi connectivity index (χ0) is 12.9. The van der Waals surface area contributed by atoms with E-state index in [9.17, 15) is 8.42 Å². The third-order valence-corrected chi connectivity index (χ3v) is 4.06. The number of nitrogens with two attached hydrogens (primary N) is 1. The van der Waals surface area contributed by atoms with Gasteiger partial charge >= 0.3 is 0 Å². The molecule has 1 aromatic rings. The Morgan fingerprint density at radius 3 is 2.35 bits per heavy atom. The molecule has 0 saturated carbocycles. The van der Waals surface area contributed by atoms with Gasteiger partial charge in [0, 0.05) is 13.1 Å². The van der Waals surface area contributed by atoms with Crippen molar-refractivity contribution in [3.8, 4) is 0 Å². The summed E-state index contributed by atoms with van der Waals surface area (Å²) >= 11 is 0. The highest BCUT2D eigenvalue weighted by Crippen LogP contribution is 2.08. The summed E-state index contributed by atoms with van der Waals surface area (Å²) in [6, 6.07) is 7.58. The largest absolute Gasteiger partial charge is 0.326 e. The lowest BCUT2D eigenvalue weighted by molar-refractivity contribution is 0.567. The Bertz CT molecular complexity index is 455. The molecule has 96 valence electrons. The van der Waals surface area contributed by atoms with Crippen molar-refractivity contribution < 1.29 is 8.42 Å². The van der Waals surface area contributed by atoms with Crippen LogP contribution in [0, 0.1) is 5.92 Å². The number of hydrogen-bond acceptors (Lipinski definition) is 3. The molecule has 1 aromatic carbocycles. The van der Waals surface area contributed by atoms with Gasteiger partial charge in [-0.1, -0.05) is 38.1 Å². The summed E-state index contributed by atoms with van der Waals surface area (Å²) in [4.78, 5) is 0. The van der Waals surface area contributed by atoms with E-state index in [-0.39, 0.29) is 11.7 Å². The minimum atomic E-state index is -3.19. The molecule has 17 heavy (non-hydrogen) atoms. The van der Waals surface area contributed by atoms with Gasteiger partial charge in [0.1, 0.15) is 0 Å². The highest BCUT2D eigenvalue weighted by molar-refractivity contribution is 7.89. The van der Waals surface area contributed by atoms with Crippen LogP contribution >= 0.6 is 0 Å². The Balaban J connectivity index is 2.67. The van der Waals surface area contributed by atoms with Crippen LogP contribution in [0.2, 0.25) is 0 Å². The lowest BCUT2D eigenvalue weighted by Crippen LogP contribution is -2.28. The second-order valence-corrected chi connectivity index (χ2v) is 6.32. The Labute approximate surface area is 103 Å². The quantitative estimate of drug-likeness (QED) is 0.804. The van der Waals surface area contributed by atoms with Crippen LogP contribution in [-0.2, 0) is 23.1 Å². The lowest BCUT2D eigenvalue weighted by Gasteiger charge is -2.11. The van der Waals surface area contributed by atoms with Crippen molar-refractivity contribution >= 4 is 10.0 Å². The van der Waals surface area contributed by atoms with Crippen molar-refractivity contribution in [2.45, 2.75) is 26.9 Å². The molecule has 0 amide bonds. The highest BCUT2D eigenvalue weighted by Gasteiger charge is 2.12. The third-order valence-electron chi connectivity index (χ3n) is 2.37. The van der Waals surface area contributed by atoms with Gasteiger partial charge in [-0.3, -0.25) is 0 Å². The molecule has 0 fully saturated rings. The number of sulfonamides is 1. The molecule has 0 radical (unpaired) electrons. The molecule has 0 bridgehead atoms. The monoisotopic (exact) mass is 256 g/mol. The molecule has 4 nitrogen and oxygen atoms in total. The van der Waals surface area contributed by atoms with E-state index >= 15 is 0 Å². The van der Waals surface area contributed by atoms with Crippen LogP contribution in [0.25, 0.3) is 0 Å². The van der Waals surface area contributed by atoms with E-state index in [1.54, 1.807) is 0 Å². The van der Waals surface area contributed by atoms with Crippen molar-refractivity contribution in [1.82, 2.24) is 4.72 Å². The third kappa shape index (κ3) is 4.85. The zero-order valence-corrected chi connectivity index (χ0v) is 11.1. The van der Waals surface area contributed by atoms with Gasteiger partial charge in [-0.05, 0) is 17.0 Å². The van der Waals surface area contributed by atoms with Crippen LogP contribution < -0.4 is 10.5 Å². The SMILES string of the molecule is CC(C)CS(=O)(=O)NCc1ccccc1CN. The molecule has 0 saturated heterocycles. The van der Waals surface area contributed by atoms with Crippen LogP contribution in [0.5, 0.6) is 0 Å². The summed E-state index contributed by atoms with van der Waals surface area (Å²) in [7, 11) is -3.19. The summed E-state index contributed by atoms with van der Waals surface area (Å²) < 4.78 is 25.9. The number of rotatable bonds is 6. The van der Waals surface area contributed by atoms with Gasteiger partial charge in [0.15, 0.2) is 0 Å². The zero-order valence-electron chi connectivity index (χ0n) is 10.3. The minimum absolute atomic E-state index is 0.122. The van der Waals surface area contributed by atoms with E-state index in [0.717, 1.165) is 11.1 Å². The van der Waals surface area contributed by atoms with Crippen LogP contribution in [0.3, 0.4) is 0 Å². The average Bonchev–Trinajstić information content (AvgIpc) is 2.25. The van der Waals surface area contributed by atoms with Gasteiger partial charge < -0.3 is 5.73 Å². The number of hydrogen-bond donors (Lipinski definition) is 2. The summed E-state index contributed by atoms with van der Waals surface area (Å²) in [5, 5.41) is 0. The summed E-state index contributed by atoms with van der Waals surface area (Å²) in [6.45, 7) is 4.49. The molecule has 0 spiro atoms. The Morgan fingerprint density at radius 1 is 1.24 bits per heavy atom. The molecule has 0 aliphatic rings. The Morgan fingerprint density at radius 2 is 1.82 bits per heavy atom. The fourth-order valence-corrected chi connectivity index (χ4v) is 2.99. The molecule has 3 N–H and O–H groups in total. The molecule has 0 aromatic heterocycles. The van der Waals surface area contributed by atoms with Crippen molar-refractivity contribution in [3.63, 3.8) is 0 Å². The van der Waals surface area contributed by atoms with E-state index < -0.39 is 10.0 Å². The first-order chi connectivity index (χ1) is 7.94. The van der Waals surface area contributed by atoms with E-state index in [1.165, 1.54) is 0 Å². The topological polar surface area (TPSA) is 72.2 Å². The Kier molecular flexibility index (Phi) is 5.11. The molecule has 0 atom stereocenters. The fourth-order valence-electron chi connectivity index (χ4n) is 1.61. The van der Waals surface area contributed by atoms with Crippen molar-refractivity contribution in [3.05, 3.63) is 35.4 Å². The van der Waals surface area contributed by atoms with Gasteiger partial charge in [-0.15, -0.1) is 0 Å². The molecular formula is C12H20N2O2S. The minimum Gasteiger partial charge on any atom is -0.326 e. The fraction of sp³-hybridized carbons (Fsp3) is 0.500.